The van der Waals surface area contributed by atoms with Gasteiger partial charge in [0.25, 0.3) is 0 Å². The van der Waals surface area contributed by atoms with Gasteiger partial charge in [-0.3, -0.25) is 0 Å². The van der Waals surface area contributed by atoms with Gasteiger partial charge < -0.3 is 14.0 Å². The Bertz CT molecular complexity index is 1170. The number of nitrogens with zero attached hydrogens (tertiary/aromatic N) is 4. The van der Waals surface area contributed by atoms with Crippen molar-refractivity contribution < 1.29 is 17.9 Å². The minimum absolute atomic E-state index is 0.0719. The molecule has 0 spiro atoms. The number of benzene rings is 1. The monoisotopic (exact) mass is 480 g/mol. The van der Waals surface area contributed by atoms with Gasteiger partial charge in [0.2, 0.25) is 0 Å². The fourth-order valence-electron chi connectivity index (χ4n) is 3.53. The predicted octanol–water partition coefficient (Wildman–Crippen LogP) is 3.54. The largest absolute Gasteiger partial charge is 0.493 e. The molecule has 31 heavy (non-hydrogen) atoms. The highest BCUT2D eigenvalue weighted by molar-refractivity contribution is 7.98. The van der Waals surface area contributed by atoms with Crippen LogP contribution in [0.5, 0.6) is 11.5 Å². The number of hydrogen-bond donors (Lipinski definition) is 0. The second-order valence-corrected chi connectivity index (χ2v) is 11.3. The summed E-state index contributed by atoms with van der Waals surface area (Å²) in [5.41, 5.74) is 1.93. The van der Waals surface area contributed by atoms with Crippen LogP contribution in [0.2, 0.25) is 0 Å². The molecule has 8 nitrogen and oxygen atoms in total. The van der Waals surface area contributed by atoms with Crippen LogP contribution in [-0.2, 0) is 22.6 Å². The quantitative estimate of drug-likeness (QED) is 0.452. The standard InChI is InChI=1S/C20H24N4O4S3/c1-4-28-16-6-5-13(9-17(16)27-3)19-21-15(10-29-19)11-30-20-23-22-18(24(20)2)14-7-8-31(25,26)12-14/h5-6,9-10,14H,4,7-8,11-12H2,1-3H3. The molecule has 11 heteroatoms. The van der Waals surface area contributed by atoms with Crippen LogP contribution in [0, 0.1) is 0 Å². The van der Waals surface area contributed by atoms with Crippen LogP contribution in [0.25, 0.3) is 10.6 Å². The Morgan fingerprint density at radius 2 is 2.13 bits per heavy atom. The molecule has 0 bridgehead atoms. The zero-order valence-corrected chi connectivity index (χ0v) is 20.0. The number of sulfone groups is 1. The van der Waals surface area contributed by atoms with Crippen LogP contribution in [0.1, 0.15) is 30.8 Å². The van der Waals surface area contributed by atoms with Crippen molar-refractivity contribution in [2.24, 2.45) is 7.05 Å². The predicted molar refractivity (Wildman–Crippen MR) is 122 cm³/mol. The van der Waals surface area contributed by atoms with Crippen LogP contribution >= 0.6 is 23.1 Å². The molecule has 1 aliphatic heterocycles. The van der Waals surface area contributed by atoms with Crippen molar-refractivity contribution in [1.82, 2.24) is 19.7 Å². The fraction of sp³-hybridized carbons (Fsp3) is 0.450. The Labute approximate surface area is 189 Å². The number of rotatable bonds is 8. The lowest BCUT2D eigenvalue weighted by atomic mass is 10.1. The van der Waals surface area contributed by atoms with Gasteiger partial charge in [0.1, 0.15) is 10.8 Å². The fourth-order valence-corrected chi connectivity index (χ4v) is 7.00. The molecular formula is C20H24N4O4S3. The molecule has 0 aliphatic carbocycles. The molecule has 1 unspecified atom stereocenters. The van der Waals surface area contributed by atoms with Crippen LogP contribution in [0.4, 0.5) is 0 Å². The molecule has 4 rings (SSSR count). The third kappa shape index (κ3) is 4.88. The zero-order chi connectivity index (χ0) is 22.0. The van der Waals surface area contributed by atoms with Gasteiger partial charge >= 0.3 is 0 Å². The van der Waals surface area contributed by atoms with E-state index in [-0.39, 0.29) is 17.4 Å². The summed E-state index contributed by atoms with van der Waals surface area (Å²) in [6, 6.07) is 5.82. The van der Waals surface area contributed by atoms with E-state index >= 15 is 0 Å². The van der Waals surface area contributed by atoms with E-state index in [4.69, 9.17) is 14.5 Å². The molecule has 3 heterocycles. The summed E-state index contributed by atoms with van der Waals surface area (Å²) in [4.78, 5) is 4.74. The number of aromatic nitrogens is 4. The summed E-state index contributed by atoms with van der Waals surface area (Å²) < 4.78 is 36.5. The van der Waals surface area contributed by atoms with Gasteiger partial charge in [0.05, 0.1) is 30.9 Å². The molecule has 166 valence electrons. The number of ether oxygens (including phenoxy) is 2. The van der Waals surface area contributed by atoms with Crippen LogP contribution in [0.15, 0.2) is 28.7 Å². The highest BCUT2D eigenvalue weighted by Crippen LogP contribution is 2.35. The van der Waals surface area contributed by atoms with Crippen molar-refractivity contribution in [3.8, 4) is 22.1 Å². The van der Waals surface area contributed by atoms with E-state index in [0.29, 0.717) is 30.3 Å². The van der Waals surface area contributed by atoms with Gasteiger partial charge in [-0.05, 0) is 31.5 Å². The summed E-state index contributed by atoms with van der Waals surface area (Å²) in [6.07, 6.45) is 0.611. The van der Waals surface area contributed by atoms with Crippen molar-refractivity contribution in [3.05, 3.63) is 35.1 Å². The van der Waals surface area contributed by atoms with Crippen LogP contribution < -0.4 is 9.47 Å². The third-order valence-electron chi connectivity index (χ3n) is 5.08. The maximum atomic E-state index is 11.8. The third-order valence-corrected chi connectivity index (χ3v) is 8.84. The van der Waals surface area contributed by atoms with Gasteiger partial charge in [0.15, 0.2) is 26.5 Å². The molecule has 1 aliphatic rings. The Morgan fingerprint density at radius 3 is 2.84 bits per heavy atom. The first kappa shape index (κ1) is 22.1. The van der Waals surface area contributed by atoms with E-state index < -0.39 is 9.84 Å². The van der Waals surface area contributed by atoms with Gasteiger partial charge in [-0.1, -0.05) is 11.8 Å². The van der Waals surface area contributed by atoms with Crippen molar-refractivity contribution in [3.63, 3.8) is 0 Å². The first-order valence-corrected chi connectivity index (χ1v) is 13.6. The highest BCUT2D eigenvalue weighted by atomic mass is 32.2. The molecule has 0 amide bonds. The lowest BCUT2D eigenvalue weighted by molar-refractivity contribution is 0.311. The molecule has 0 radical (unpaired) electrons. The van der Waals surface area contributed by atoms with Crippen molar-refractivity contribution >= 4 is 32.9 Å². The van der Waals surface area contributed by atoms with Gasteiger partial charge in [0, 0.05) is 29.7 Å². The summed E-state index contributed by atoms with van der Waals surface area (Å²) in [5, 5.41) is 12.2. The number of thiazole rings is 1. The molecule has 1 atom stereocenters. The molecule has 2 aromatic heterocycles. The zero-order valence-electron chi connectivity index (χ0n) is 17.6. The lowest BCUT2D eigenvalue weighted by Gasteiger charge is -2.09. The SMILES string of the molecule is CCOc1ccc(-c2nc(CSc3nnc(C4CCS(=O)(=O)C4)n3C)cs2)cc1OC. The number of methoxy groups -OCH3 is 1. The van der Waals surface area contributed by atoms with E-state index in [0.717, 1.165) is 27.2 Å². The second-order valence-electron chi connectivity index (χ2n) is 7.23. The molecule has 3 aromatic rings. The lowest BCUT2D eigenvalue weighted by Crippen LogP contribution is -2.09. The Hall–Kier alpha value is -2.11. The molecule has 1 saturated heterocycles. The minimum atomic E-state index is -2.95. The molecule has 1 aromatic carbocycles. The average Bonchev–Trinajstić information content (AvgIpc) is 3.45. The normalized spacial score (nSPS) is 17.7. The van der Waals surface area contributed by atoms with Gasteiger partial charge in [-0.15, -0.1) is 21.5 Å². The first-order chi connectivity index (χ1) is 14.9. The van der Waals surface area contributed by atoms with E-state index in [1.807, 2.05) is 42.1 Å². The van der Waals surface area contributed by atoms with E-state index in [1.54, 1.807) is 30.2 Å². The van der Waals surface area contributed by atoms with Crippen LogP contribution in [-0.4, -0.2) is 53.4 Å². The van der Waals surface area contributed by atoms with E-state index in [1.165, 1.54) is 0 Å². The molecule has 0 N–H and O–H groups in total. The maximum absolute atomic E-state index is 11.8. The van der Waals surface area contributed by atoms with Crippen molar-refractivity contribution in [2.75, 3.05) is 25.2 Å². The van der Waals surface area contributed by atoms with E-state index in [2.05, 4.69) is 10.2 Å². The van der Waals surface area contributed by atoms with Crippen LogP contribution in [0.3, 0.4) is 0 Å². The number of thioether (sulfide) groups is 1. The summed E-state index contributed by atoms with van der Waals surface area (Å²) >= 11 is 3.12. The average molecular weight is 481 g/mol. The minimum Gasteiger partial charge on any atom is -0.493 e. The van der Waals surface area contributed by atoms with Crippen molar-refractivity contribution in [1.29, 1.82) is 0 Å². The first-order valence-electron chi connectivity index (χ1n) is 9.88. The van der Waals surface area contributed by atoms with Crippen molar-refractivity contribution in [2.45, 2.75) is 30.2 Å². The Balaban J connectivity index is 1.44. The topological polar surface area (TPSA) is 96.2 Å². The smallest absolute Gasteiger partial charge is 0.191 e. The Morgan fingerprint density at radius 1 is 1.29 bits per heavy atom. The van der Waals surface area contributed by atoms with Gasteiger partial charge in [-0.25, -0.2) is 13.4 Å². The highest BCUT2D eigenvalue weighted by Gasteiger charge is 2.32. The molecule has 0 saturated carbocycles. The van der Waals surface area contributed by atoms with E-state index in [9.17, 15) is 8.42 Å². The summed E-state index contributed by atoms with van der Waals surface area (Å²) in [7, 11) is 0.562. The van der Waals surface area contributed by atoms with Gasteiger partial charge in [-0.2, -0.15) is 0 Å². The molecular weight excluding hydrogens is 456 g/mol. The number of hydrogen-bond acceptors (Lipinski definition) is 9. The Kier molecular flexibility index (Phi) is 6.54. The maximum Gasteiger partial charge on any atom is 0.191 e. The summed E-state index contributed by atoms with van der Waals surface area (Å²) in [6.45, 7) is 2.52. The molecule has 1 fully saturated rings. The summed E-state index contributed by atoms with van der Waals surface area (Å²) in [5.74, 6) is 3.11. The second kappa shape index (κ2) is 9.17.